The quantitative estimate of drug-likeness (QED) is 0.775. The second-order valence-corrected chi connectivity index (χ2v) is 8.88. The largest absolute Gasteiger partial charge is 0.463 e. The summed E-state index contributed by atoms with van der Waals surface area (Å²) in [6.07, 6.45) is 2.52. The van der Waals surface area contributed by atoms with E-state index in [9.17, 15) is 17.6 Å². The molecule has 25 heavy (non-hydrogen) atoms. The molecule has 0 saturated carbocycles. The van der Waals surface area contributed by atoms with E-state index in [1.165, 1.54) is 6.07 Å². The predicted molar refractivity (Wildman–Crippen MR) is 95.5 cm³/mol. The van der Waals surface area contributed by atoms with Crippen molar-refractivity contribution in [3.8, 4) is 0 Å². The molecule has 1 aliphatic rings. The molecule has 1 aliphatic carbocycles. The summed E-state index contributed by atoms with van der Waals surface area (Å²) < 4.78 is 46.1. The molecule has 0 fully saturated rings. The fraction of sp³-hybridized carbons (Fsp3) is 0.471. The van der Waals surface area contributed by atoms with E-state index in [4.69, 9.17) is 16.3 Å². The van der Waals surface area contributed by atoms with Crippen molar-refractivity contribution in [3.63, 3.8) is 0 Å². The van der Waals surface area contributed by atoms with E-state index in [-0.39, 0.29) is 34.7 Å². The third-order valence-electron chi connectivity index (χ3n) is 4.01. The number of ether oxygens (including phenoxy) is 1. The van der Waals surface area contributed by atoms with Crippen LogP contribution in [0.1, 0.15) is 33.6 Å². The molecule has 0 aliphatic heterocycles. The Labute approximate surface area is 152 Å². The van der Waals surface area contributed by atoms with Crippen LogP contribution in [-0.2, 0) is 19.6 Å². The van der Waals surface area contributed by atoms with Crippen molar-refractivity contribution in [3.05, 3.63) is 40.7 Å². The molecular weight excluding hydrogens is 369 g/mol. The van der Waals surface area contributed by atoms with Crippen LogP contribution >= 0.6 is 11.6 Å². The van der Waals surface area contributed by atoms with Crippen LogP contribution in [0.2, 0.25) is 5.02 Å². The van der Waals surface area contributed by atoms with Crippen LogP contribution in [-0.4, -0.2) is 26.2 Å². The second-order valence-electron chi connectivity index (χ2n) is 6.61. The summed E-state index contributed by atoms with van der Waals surface area (Å²) in [7, 11) is -3.96. The molecule has 1 aromatic rings. The maximum Gasteiger partial charge on any atom is 0.335 e. The highest BCUT2D eigenvalue weighted by Gasteiger charge is 2.39. The van der Waals surface area contributed by atoms with Crippen LogP contribution in [0.15, 0.2) is 29.8 Å². The normalized spacial score (nSPS) is 19.9. The highest BCUT2D eigenvalue weighted by molar-refractivity contribution is 7.93. The Morgan fingerprint density at radius 3 is 2.72 bits per heavy atom. The number of anilines is 1. The number of hydrogen-bond donors (Lipinski definition) is 1. The lowest BCUT2D eigenvalue weighted by atomic mass is 9.79. The van der Waals surface area contributed by atoms with E-state index in [2.05, 4.69) is 4.72 Å². The van der Waals surface area contributed by atoms with Crippen LogP contribution in [0.4, 0.5) is 10.1 Å². The zero-order valence-electron chi connectivity index (χ0n) is 14.3. The van der Waals surface area contributed by atoms with Gasteiger partial charge in [0.05, 0.1) is 22.9 Å². The summed E-state index contributed by atoms with van der Waals surface area (Å²) in [5.41, 5.74) is -0.123. The van der Waals surface area contributed by atoms with E-state index in [1.807, 2.05) is 13.8 Å². The van der Waals surface area contributed by atoms with Crippen molar-refractivity contribution in [2.24, 2.45) is 5.41 Å². The number of benzene rings is 1. The standard InChI is InChI=1S/C17H21ClFNO4S/c1-4-24-16(21)12-10-17(2,3)8-7-15(12)25(22,23)20-14-6-5-11(19)9-13(14)18/h5-6,9-10,15,20H,4,7-8H2,1-3H3. The fourth-order valence-corrected chi connectivity index (χ4v) is 4.59. The van der Waals surface area contributed by atoms with Crippen molar-refractivity contribution in [2.45, 2.75) is 38.9 Å². The minimum absolute atomic E-state index is 0.0543. The number of carbonyl (C=O) groups is 1. The Hall–Kier alpha value is -1.60. The van der Waals surface area contributed by atoms with Crippen molar-refractivity contribution in [1.82, 2.24) is 0 Å². The monoisotopic (exact) mass is 389 g/mol. The van der Waals surface area contributed by atoms with Crippen LogP contribution in [0, 0.1) is 11.2 Å². The lowest BCUT2D eigenvalue weighted by Gasteiger charge is -2.32. The van der Waals surface area contributed by atoms with Crippen LogP contribution in [0.5, 0.6) is 0 Å². The molecule has 1 unspecified atom stereocenters. The SMILES string of the molecule is CCOC(=O)C1=CC(C)(C)CCC1S(=O)(=O)Nc1ccc(F)cc1Cl. The van der Waals surface area contributed by atoms with Crippen molar-refractivity contribution in [2.75, 3.05) is 11.3 Å². The fourth-order valence-electron chi connectivity index (χ4n) is 2.77. The minimum Gasteiger partial charge on any atom is -0.463 e. The van der Waals surface area contributed by atoms with E-state index in [0.29, 0.717) is 6.42 Å². The molecule has 0 saturated heterocycles. The molecule has 0 heterocycles. The van der Waals surface area contributed by atoms with Crippen LogP contribution in [0.25, 0.3) is 0 Å². The number of hydrogen-bond acceptors (Lipinski definition) is 4. The number of halogens is 2. The first-order valence-electron chi connectivity index (χ1n) is 7.92. The summed E-state index contributed by atoms with van der Waals surface area (Å²) in [4.78, 5) is 12.2. The minimum atomic E-state index is -3.96. The molecule has 138 valence electrons. The zero-order chi connectivity index (χ0) is 18.8. The van der Waals surface area contributed by atoms with Gasteiger partial charge in [-0.15, -0.1) is 0 Å². The van der Waals surface area contributed by atoms with Crippen LogP contribution < -0.4 is 4.72 Å². The average molecular weight is 390 g/mol. The Morgan fingerprint density at radius 2 is 2.12 bits per heavy atom. The molecule has 5 nitrogen and oxygen atoms in total. The highest BCUT2D eigenvalue weighted by atomic mass is 35.5. The molecule has 0 bridgehead atoms. The summed E-state index contributed by atoms with van der Waals surface area (Å²) in [6.45, 7) is 5.67. The molecule has 2 rings (SSSR count). The average Bonchev–Trinajstić information content (AvgIpc) is 2.49. The van der Waals surface area contributed by atoms with Gasteiger partial charge in [0.2, 0.25) is 10.0 Å². The van der Waals surface area contributed by atoms with Gasteiger partial charge in [-0.25, -0.2) is 17.6 Å². The first-order chi connectivity index (χ1) is 11.6. The molecular formula is C17H21ClFNO4S. The number of carbonyl (C=O) groups excluding carboxylic acids is 1. The van der Waals surface area contributed by atoms with Gasteiger partial charge in [-0.2, -0.15) is 0 Å². The highest BCUT2D eigenvalue weighted by Crippen LogP contribution is 2.37. The lowest BCUT2D eigenvalue weighted by Crippen LogP contribution is -2.37. The third-order valence-corrected chi connectivity index (χ3v) is 6.07. The van der Waals surface area contributed by atoms with Gasteiger partial charge >= 0.3 is 5.97 Å². The molecule has 0 spiro atoms. The smallest absolute Gasteiger partial charge is 0.335 e. The van der Waals surface area contributed by atoms with Crippen LogP contribution in [0.3, 0.4) is 0 Å². The number of nitrogens with one attached hydrogen (secondary N) is 1. The molecule has 0 radical (unpaired) electrons. The van der Waals surface area contributed by atoms with Gasteiger partial charge in [0.25, 0.3) is 0 Å². The Kier molecular flexibility index (Phi) is 5.79. The van der Waals surface area contributed by atoms with Crippen molar-refractivity contribution >= 4 is 33.3 Å². The Bertz CT molecular complexity index is 805. The molecule has 0 amide bonds. The lowest BCUT2D eigenvalue weighted by molar-refractivity contribution is -0.138. The van der Waals surface area contributed by atoms with Gasteiger partial charge < -0.3 is 4.74 Å². The number of esters is 1. The van der Waals surface area contributed by atoms with Gasteiger partial charge in [-0.1, -0.05) is 31.5 Å². The van der Waals surface area contributed by atoms with E-state index in [1.54, 1.807) is 13.0 Å². The zero-order valence-corrected chi connectivity index (χ0v) is 15.9. The predicted octanol–water partition coefficient (Wildman–Crippen LogP) is 3.90. The summed E-state index contributed by atoms with van der Waals surface area (Å²) in [5.74, 6) is -1.21. The van der Waals surface area contributed by atoms with Gasteiger partial charge in [-0.05, 0) is 43.4 Å². The number of rotatable bonds is 5. The molecule has 1 N–H and O–H groups in total. The summed E-state index contributed by atoms with van der Waals surface area (Å²) >= 11 is 5.90. The van der Waals surface area contributed by atoms with Gasteiger partial charge in [-0.3, -0.25) is 4.72 Å². The molecule has 8 heteroatoms. The van der Waals surface area contributed by atoms with E-state index in [0.717, 1.165) is 12.1 Å². The number of allylic oxidation sites excluding steroid dienone is 1. The van der Waals surface area contributed by atoms with E-state index >= 15 is 0 Å². The van der Waals surface area contributed by atoms with E-state index < -0.39 is 27.1 Å². The molecule has 1 aromatic carbocycles. The first-order valence-corrected chi connectivity index (χ1v) is 9.85. The van der Waals surface area contributed by atoms with Crippen molar-refractivity contribution < 1.29 is 22.3 Å². The molecule has 0 aromatic heterocycles. The topological polar surface area (TPSA) is 72.5 Å². The van der Waals surface area contributed by atoms with Gasteiger partial charge in [0.15, 0.2) is 0 Å². The summed E-state index contributed by atoms with van der Waals surface area (Å²) in [5, 5.41) is -1.11. The number of sulfonamides is 1. The Balaban J connectivity index is 2.37. The second kappa shape index (κ2) is 7.33. The van der Waals surface area contributed by atoms with Crippen molar-refractivity contribution in [1.29, 1.82) is 0 Å². The maximum absolute atomic E-state index is 13.1. The first kappa shape index (κ1) is 19.7. The summed E-state index contributed by atoms with van der Waals surface area (Å²) in [6, 6.07) is 3.37. The third kappa shape index (κ3) is 4.73. The molecule has 1 atom stereocenters. The van der Waals surface area contributed by atoms with Gasteiger partial charge in [0, 0.05) is 0 Å². The Morgan fingerprint density at radius 1 is 1.44 bits per heavy atom. The van der Waals surface area contributed by atoms with Gasteiger partial charge in [0.1, 0.15) is 11.1 Å². The maximum atomic E-state index is 13.1.